The number of piperazine rings is 1. The Kier molecular flexibility index (Phi) is 4.11. The maximum atomic E-state index is 13.4. The van der Waals surface area contributed by atoms with Crippen LogP contribution in [0.5, 0.6) is 5.75 Å². The van der Waals surface area contributed by atoms with Crippen LogP contribution < -0.4 is 20.7 Å². The molecule has 0 saturated carbocycles. The highest BCUT2D eigenvalue weighted by atomic mass is 19.1. The number of hydrogen-bond donors (Lipinski definition) is 3. The second kappa shape index (κ2) is 5.79. The molecule has 1 amide bonds. The second-order valence-corrected chi connectivity index (χ2v) is 4.05. The lowest BCUT2D eigenvalue weighted by molar-refractivity contribution is -0.118. The summed E-state index contributed by atoms with van der Waals surface area (Å²) in [6, 6.07) is 4.05. The molecule has 0 aliphatic carbocycles. The molecule has 1 fully saturated rings. The Labute approximate surface area is 105 Å². The quantitative estimate of drug-likeness (QED) is 0.726. The Bertz CT molecular complexity index is 433. The van der Waals surface area contributed by atoms with Gasteiger partial charge in [0.05, 0.1) is 13.2 Å². The summed E-state index contributed by atoms with van der Waals surface area (Å²) >= 11 is 0. The summed E-state index contributed by atoms with van der Waals surface area (Å²) in [4.78, 5) is 11.9. The summed E-state index contributed by atoms with van der Waals surface area (Å²) < 4.78 is 18.3. The monoisotopic (exact) mass is 253 g/mol. The number of ether oxygens (including phenoxy) is 1. The summed E-state index contributed by atoms with van der Waals surface area (Å²) in [6.45, 7) is 2.17. The Balaban J connectivity index is 2.00. The van der Waals surface area contributed by atoms with Crippen LogP contribution in [0.1, 0.15) is 0 Å². The molecule has 1 aromatic rings. The number of nitrogens with one attached hydrogen (secondary N) is 3. The molecule has 0 aromatic heterocycles. The fraction of sp³-hybridized carbons (Fsp3) is 0.417. The minimum absolute atomic E-state index is 0.158. The van der Waals surface area contributed by atoms with E-state index < -0.39 is 5.82 Å². The van der Waals surface area contributed by atoms with E-state index in [9.17, 15) is 9.18 Å². The van der Waals surface area contributed by atoms with Gasteiger partial charge >= 0.3 is 0 Å². The molecule has 0 radical (unpaired) electrons. The Morgan fingerprint density at radius 3 is 2.94 bits per heavy atom. The molecule has 1 unspecified atom stereocenters. The van der Waals surface area contributed by atoms with Crippen LogP contribution in [0.2, 0.25) is 0 Å². The van der Waals surface area contributed by atoms with Crippen molar-refractivity contribution in [2.75, 3.05) is 32.1 Å². The van der Waals surface area contributed by atoms with Crippen molar-refractivity contribution in [1.82, 2.24) is 10.6 Å². The molecule has 3 N–H and O–H groups in total. The van der Waals surface area contributed by atoms with Gasteiger partial charge in [-0.25, -0.2) is 4.39 Å². The van der Waals surface area contributed by atoms with E-state index in [2.05, 4.69) is 16.0 Å². The van der Waals surface area contributed by atoms with Crippen LogP contribution in [0.4, 0.5) is 10.1 Å². The molecule has 2 rings (SSSR count). The molecule has 1 aromatic carbocycles. The molecule has 0 spiro atoms. The second-order valence-electron chi connectivity index (χ2n) is 4.05. The molecule has 1 atom stereocenters. The lowest BCUT2D eigenvalue weighted by Gasteiger charge is -2.23. The molecular weight excluding hydrogens is 237 g/mol. The minimum atomic E-state index is -0.495. The van der Waals surface area contributed by atoms with Crippen LogP contribution in [0.15, 0.2) is 18.2 Å². The third-order valence-electron chi connectivity index (χ3n) is 2.78. The molecule has 98 valence electrons. The van der Waals surface area contributed by atoms with E-state index >= 15 is 0 Å². The SMILES string of the molecule is COc1ccc(NC(=O)C2CNCCN2)cc1F. The zero-order chi connectivity index (χ0) is 13.0. The van der Waals surface area contributed by atoms with Crippen LogP contribution in [-0.2, 0) is 4.79 Å². The first-order valence-corrected chi connectivity index (χ1v) is 5.79. The predicted octanol–water partition coefficient (Wildman–Crippen LogP) is 0.334. The van der Waals surface area contributed by atoms with Crippen molar-refractivity contribution in [3.63, 3.8) is 0 Å². The highest BCUT2D eigenvalue weighted by Crippen LogP contribution is 2.20. The van der Waals surface area contributed by atoms with Crippen LogP contribution >= 0.6 is 0 Å². The third-order valence-corrected chi connectivity index (χ3v) is 2.78. The first kappa shape index (κ1) is 12.8. The van der Waals surface area contributed by atoms with Gasteiger partial charge in [-0.05, 0) is 12.1 Å². The van der Waals surface area contributed by atoms with Crippen molar-refractivity contribution in [2.45, 2.75) is 6.04 Å². The smallest absolute Gasteiger partial charge is 0.242 e. The number of methoxy groups -OCH3 is 1. The van der Waals surface area contributed by atoms with Crippen molar-refractivity contribution >= 4 is 11.6 Å². The normalized spacial score (nSPS) is 19.3. The molecule has 1 saturated heterocycles. The van der Waals surface area contributed by atoms with Crippen molar-refractivity contribution in [1.29, 1.82) is 0 Å². The van der Waals surface area contributed by atoms with E-state index in [1.165, 1.54) is 19.2 Å². The van der Waals surface area contributed by atoms with E-state index in [0.29, 0.717) is 12.2 Å². The number of halogens is 1. The predicted molar refractivity (Wildman–Crippen MR) is 66.2 cm³/mol. The van der Waals surface area contributed by atoms with Crippen LogP contribution in [0.25, 0.3) is 0 Å². The number of rotatable bonds is 3. The summed E-state index contributed by atoms with van der Waals surface area (Å²) in [5, 5.41) is 8.86. The molecule has 1 aliphatic rings. The van der Waals surface area contributed by atoms with Gasteiger partial charge in [0.15, 0.2) is 11.6 Å². The number of amides is 1. The lowest BCUT2D eigenvalue weighted by atomic mass is 10.2. The van der Waals surface area contributed by atoms with Crippen LogP contribution in [-0.4, -0.2) is 38.7 Å². The number of hydrogen-bond acceptors (Lipinski definition) is 4. The molecule has 18 heavy (non-hydrogen) atoms. The Hall–Kier alpha value is -1.66. The fourth-order valence-corrected chi connectivity index (χ4v) is 1.81. The summed E-state index contributed by atoms with van der Waals surface area (Å²) in [5.74, 6) is -0.512. The molecule has 1 heterocycles. The van der Waals surface area contributed by atoms with Gasteiger partial charge in [0, 0.05) is 31.4 Å². The molecule has 5 nitrogen and oxygen atoms in total. The van der Waals surface area contributed by atoms with Gasteiger partial charge in [0.1, 0.15) is 0 Å². The van der Waals surface area contributed by atoms with Crippen molar-refractivity contribution in [3.05, 3.63) is 24.0 Å². The van der Waals surface area contributed by atoms with Crippen molar-refractivity contribution < 1.29 is 13.9 Å². The number of carbonyl (C=O) groups excluding carboxylic acids is 1. The first-order chi connectivity index (χ1) is 8.70. The highest BCUT2D eigenvalue weighted by molar-refractivity contribution is 5.95. The van der Waals surface area contributed by atoms with Gasteiger partial charge in [-0.15, -0.1) is 0 Å². The average Bonchev–Trinajstić information content (AvgIpc) is 2.40. The standard InChI is InChI=1S/C12H16FN3O2/c1-18-11-3-2-8(6-9(11)13)16-12(17)10-7-14-4-5-15-10/h2-3,6,10,14-15H,4-5,7H2,1H3,(H,16,17). The van der Waals surface area contributed by atoms with Gasteiger partial charge in [0.2, 0.25) is 5.91 Å². The third kappa shape index (κ3) is 2.96. The number of benzene rings is 1. The maximum Gasteiger partial charge on any atom is 0.242 e. The summed E-state index contributed by atoms with van der Waals surface area (Å²) in [5.41, 5.74) is 0.422. The van der Waals surface area contributed by atoms with Gasteiger partial charge < -0.3 is 20.7 Å². The largest absolute Gasteiger partial charge is 0.494 e. The van der Waals surface area contributed by atoms with E-state index in [1.807, 2.05) is 0 Å². The van der Waals surface area contributed by atoms with Crippen molar-refractivity contribution in [3.8, 4) is 5.75 Å². The molecule has 1 aliphatic heterocycles. The Morgan fingerprint density at radius 1 is 1.50 bits per heavy atom. The molecular formula is C12H16FN3O2. The van der Waals surface area contributed by atoms with Crippen LogP contribution in [0, 0.1) is 5.82 Å². The summed E-state index contributed by atoms with van der Waals surface area (Å²) in [6.07, 6.45) is 0. The molecule has 0 bridgehead atoms. The first-order valence-electron chi connectivity index (χ1n) is 5.79. The van der Waals surface area contributed by atoms with Gasteiger partial charge in [-0.2, -0.15) is 0 Å². The van der Waals surface area contributed by atoms with E-state index in [4.69, 9.17) is 4.74 Å². The zero-order valence-electron chi connectivity index (χ0n) is 10.1. The van der Waals surface area contributed by atoms with Crippen molar-refractivity contribution in [2.24, 2.45) is 0 Å². The maximum absolute atomic E-state index is 13.4. The zero-order valence-corrected chi connectivity index (χ0v) is 10.1. The lowest BCUT2D eigenvalue weighted by Crippen LogP contribution is -2.54. The Morgan fingerprint density at radius 2 is 2.33 bits per heavy atom. The van der Waals surface area contributed by atoms with Gasteiger partial charge in [-0.3, -0.25) is 4.79 Å². The summed E-state index contributed by atoms with van der Waals surface area (Å²) in [7, 11) is 1.40. The minimum Gasteiger partial charge on any atom is -0.494 e. The van der Waals surface area contributed by atoms with E-state index in [0.717, 1.165) is 13.1 Å². The topological polar surface area (TPSA) is 62.4 Å². The highest BCUT2D eigenvalue weighted by Gasteiger charge is 2.20. The molecule has 6 heteroatoms. The average molecular weight is 253 g/mol. The van der Waals surface area contributed by atoms with E-state index in [-0.39, 0.29) is 17.7 Å². The van der Waals surface area contributed by atoms with Gasteiger partial charge in [-0.1, -0.05) is 0 Å². The fourth-order valence-electron chi connectivity index (χ4n) is 1.81. The van der Waals surface area contributed by atoms with Crippen LogP contribution in [0.3, 0.4) is 0 Å². The van der Waals surface area contributed by atoms with E-state index in [1.54, 1.807) is 6.07 Å². The number of anilines is 1. The number of carbonyl (C=O) groups is 1. The van der Waals surface area contributed by atoms with Gasteiger partial charge in [0.25, 0.3) is 0 Å².